The Bertz CT molecular complexity index is 580. The molecule has 0 unspecified atom stereocenters. The van der Waals surface area contributed by atoms with Gasteiger partial charge in [-0.2, -0.15) is 5.10 Å². The Balaban J connectivity index is 0.00000220. The molecule has 0 spiro atoms. The van der Waals surface area contributed by atoms with Crippen LogP contribution in [0.3, 0.4) is 0 Å². The summed E-state index contributed by atoms with van der Waals surface area (Å²) in [5, 5.41) is 26.4. The zero-order valence-corrected chi connectivity index (χ0v) is 13.3. The fourth-order valence-corrected chi connectivity index (χ4v) is 1.95. The van der Waals surface area contributed by atoms with Crippen molar-refractivity contribution in [1.29, 1.82) is 0 Å². The first kappa shape index (κ1) is 18.0. The number of hydrogen-bond acceptors (Lipinski definition) is 6. The fraction of sp³-hybridized carbons (Fsp3) is 0.308. The van der Waals surface area contributed by atoms with Crippen molar-refractivity contribution in [3.05, 3.63) is 30.5 Å². The van der Waals surface area contributed by atoms with Gasteiger partial charge in [0.25, 0.3) is 0 Å². The van der Waals surface area contributed by atoms with E-state index in [4.69, 9.17) is 0 Å². The van der Waals surface area contributed by atoms with Gasteiger partial charge in [-0.15, -0.1) is 0 Å². The average Bonchev–Trinajstić information content (AvgIpc) is 2.77. The first-order valence-electron chi connectivity index (χ1n) is 6.09. The molecule has 2 rings (SSSR count). The first-order valence-corrected chi connectivity index (χ1v) is 6.09. The van der Waals surface area contributed by atoms with Crippen LogP contribution in [0.1, 0.15) is 0 Å². The van der Waals surface area contributed by atoms with Crippen molar-refractivity contribution in [3.8, 4) is 0 Å². The van der Waals surface area contributed by atoms with Gasteiger partial charge in [0.05, 0.1) is 24.0 Å². The van der Waals surface area contributed by atoms with Crippen molar-refractivity contribution in [2.75, 3.05) is 19.6 Å². The van der Waals surface area contributed by atoms with E-state index in [1.807, 2.05) is 30.5 Å². The van der Waals surface area contributed by atoms with Gasteiger partial charge in [0.15, 0.2) is 0 Å². The normalized spacial score (nSPS) is 10.5. The second-order valence-electron chi connectivity index (χ2n) is 4.41. The Morgan fingerprint density at radius 2 is 1.76 bits per heavy atom. The van der Waals surface area contributed by atoms with E-state index >= 15 is 0 Å². The van der Waals surface area contributed by atoms with E-state index in [9.17, 15) is 19.8 Å². The molecule has 0 saturated heterocycles. The molecular weight excluding hydrogens is 419 g/mol. The number of fused-ring (bicyclic) bond motifs is 1. The molecule has 1 aromatic heterocycles. The van der Waals surface area contributed by atoms with Gasteiger partial charge in [-0.05, 0) is 6.07 Å². The van der Waals surface area contributed by atoms with E-state index in [0.29, 0.717) is 6.54 Å². The minimum atomic E-state index is -1.32. The van der Waals surface area contributed by atoms with Crippen molar-refractivity contribution in [1.82, 2.24) is 14.7 Å². The molecule has 0 bridgehead atoms. The zero-order valence-electron chi connectivity index (χ0n) is 11.0. The minimum Gasteiger partial charge on any atom is -0.549 e. The molecule has 0 saturated carbocycles. The van der Waals surface area contributed by atoms with Crippen LogP contribution in [0.2, 0.25) is 0 Å². The Labute approximate surface area is 153 Å². The molecule has 0 N–H and O–H groups in total. The van der Waals surface area contributed by atoms with E-state index < -0.39 is 25.0 Å². The molecule has 0 amide bonds. The van der Waals surface area contributed by atoms with E-state index in [1.54, 1.807) is 4.68 Å². The van der Waals surface area contributed by atoms with Gasteiger partial charge in [0, 0.05) is 31.2 Å². The van der Waals surface area contributed by atoms with Crippen LogP contribution in [0, 0.1) is 39.9 Å². The average molecular weight is 433 g/mol. The predicted molar refractivity (Wildman–Crippen MR) is 66.2 cm³/mol. The van der Waals surface area contributed by atoms with Gasteiger partial charge in [0.1, 0.15) is 0 Å². The molecule has 0 aliphatic rings. The Morgan fingerprint density at radius 1 is 1.14 bits per heavy atom. The van der Waals surface area contributed by atoms with Crippen molar-refractivity contribution >= 4 is 22.8 Å². The number of carbonyl (C=O) groups is 2. The molecule has 111 valence electrons. The van der Waals surface area contributed by atoms with Gasteiger partial charge in [0.2, 0.25) is 0 Å². The molecule has 0 aliphatic heterocycles. The first-order chi connectivity index (χ1) is 9.54. The predicted octanol–water partition coefficient (Wildman–Crippen LogP) is -2.16. The van der Waals surface area contributed by atoms with Crippen LogP contribution in [0.15, 0.2) is 30.5 Å². The molecule has 2 aromatic rings. The van der Waals surface area contributed by atoms with Gasteiger partial charge in [-0.25, -0.2) is 0 Å². The van der Waals surface area contributed by atoms with Gasteiger partial charge in [-0.3, -0.25) is 9.58 Å². The minimum absolute atomic E-state index is 0. The van der Waals surface area contributed by atoms with Crippen LogP contribution >= 0.6 is 0 Å². The number of hydrogen-bond donors (Lipinski definition) is 0. The van der Waals surface area contributed by atoms with Crippen molar-refractivity contribution in [3.63, 3.8) is 0 Å². The summed E-state index contributed by atoms with van der Waals surface area (Å²) in [4.78, 5) is 22.3. The maximum absolute atomic E-state index is 10.6. The summed E-state index contributed by atoms with van der Waals surface area (Å²) in [5.74, 6) is -2.64. The summed E-state index contributed by atoms with van der Waals surface area (Å²) in [6, 6.07) is 7.55. The molecule has 0 fully saturated rings. The molecule has 7 nitrogen and oxygen atoms in total. The number of aliphatic carboxylic acids is 2. The quantitative estimate of drug-likeness (QED) is 0.494. The summed E-state index contributed by atoms with van der Waals surface area (Å²) < 4.78 is 1.65. The monoisotopic (exact) mass is 433 g/mol. The van der Waals surface area contributed by atoms with Gasteiger partial charge >= 0.3 is 39.9 Å². The summed E-state index contributed by atoms with van der Waals surface area (Å²) in [7, 11) is 0. The molecule has 0 aliphatic carbocycles. The van der Waals surface area contributed by atoms with Crippen molar-refractivity contribution in [2.24, 2.45) is 0 Å². The van der Waals surface area contributed by atoms with Gasteiger partial charge in [-0.1, -0.05) is 18.2 Å². The van der Waals surface area contributed by atoms with E-state index in [-0.39, 0.29) is 46.5 Å². The maximum Gasteiger partial charge on any atom is 3.00 e. The van der Waals surface area contributed by atoms with Crippen molar-refractivity contribution in [2.45, 2.75) is 6.54 Å². The second-order valence-corrected chi connectivity index (χ2v) is 4.41. The van der Waals surface area contributed by atoms with Crippen molar-refractivity contribution < 1.29 is 59.7 Å². The Morgan fingerprint density at radius 3 is 2.33 bits per heavy atom. The maximum atomic E-state index is 10.6. The number of carboxylic acid groups (broad SMARTS) is 2. The zero-order chi connectivity index (χ0) is 14.5. The van der Waals surface area contributed by atoms with Crippen LogP contribution in [0.4, 0.5) is 0 Å². The SMILES string of the molecule is O=C([O-])CN(CCn1cc2ccccc2n1)CC(=O)[O-].[Gd+3]. The third kappa shape index (κ3) is 5.66. The summed E-state index contributed by atoms with van der Waals surface area (Å²) in [6.45, 7) is -0.283. The largest absolute Gasteiger partial charge is 3.00 e. The number of carboxylic acids is 2. The third-order valence-electron chi connectivity index (χ3n) is 2.81. The molecular formula is C13H13GdN3O4+. The van der Waals surface area contributed by atoms with Crippen LogP contribution in [0.25, 0.3) is 10.9 Å². The topological polar surface area (TPSA) is 101 Å². The molecule has 1 heterocycles. The Kier molecular flexibility index (Phi) is 7.17. The van der Waals surface area contributed by atoms with Crippen LogP contribution in [-0.2, 0) is 16.1 Å². The number of benzene rings is 1. The van der Waals surface area contributed by atoms with E-state index in [1.165, 1.54) is 4.90 Å². The van der Waals surface area contributed by atoms with Gasteiger partial charge < -0.3 is 19.8 Å². The summed E-state index contributed by atoms with van der Waals surface area (Å²) in [5.41, 5.74) is 0.832. The molecule has 1 aromatic carbocycles. The van der Waals surface area contributed by atoms with Crippen LogP contribution < -0.4 is 10.2 Å². The van der Waals surface area contributed by atoms with Crippen LogP contribution in [0.5, 0.6) is 0 Å². The van der Waals surface area contributed by atoms with Crippen LogP contribution in [-0.4, -0.2) is 46.3 Å². The van der Waals surface area contributed by atoms with E-state index in [2.05, 4.69) is 5.10 Å². The molecule has 1 radical (unpaired) electrons. The number of aromatic nitrogens is 2. The number of nitrogens with zero attached hydrogens (tertiary/aromatic N) is 3. The molecule has 0 atom stereocenters. The summed E-state index contributed by atoms with van der Waals surface area (Å²) in [6.07, 6.45) is 1.82. The Hall–Kier alpha value is -1.09. The molecule has 21 heavy (non-hydrogen) atoms. The smallest absolute Gasteiger partial charge is 0.549 e. The molecule has 8 heteroatoms. The third-order valence-corrected chi connectivity index (χ3v) is 2.81. The standard InChI is InChI=1S/C13H15N3O4.Gd/c17-12(18)8-15(9-13(19)20)5-6-16-7-10-3-1-2-4-11(10)14-16;/h1-4,7H,5-6,8-9H2,(H,17,18)(H,19,20);/q;+3/p-2. The number of carbonyl (C=O) groups excluding carboxylic acids is 2. The second kappa shape index (κ2) is 8.38. The summed E-state index contributed by atoms with van der Waals surface area (Å²) >= 11 is 0. The number of rotatable bonds is 7. The fourth-order valence-electron chi connectivity index (χ4n) is 1.95. The van der Waals surface area contributed by atoms with E-state index in [0.717, 1.165) is 10.9 Å².